The Morgan fingerprint density at radius 1 is 0.938 bits per heavy atom. The number of anilines is 1. The van der Waals surface area contributed by atoms with Crippen molar-refractivity contribution in [2.45, 2.75) is 39.8 Å². The van der Waals surface area contributed by atoms with E-state index in [-0.39, 0.29) is 11.8 Å². The molecule has 0 fully saturated rings. The molecule has 3 rings (SSSR count). The average Bonchev–Trinajstić information content (AvgIpc) is 2.77. The number of esters is 1. The van der Waals surface area contributed by atoms with Crippen LogP contribution in [0, 0.1) is 12.8 Å². The fraction of sp³-hybridized carbons (Fsp3) is 0.280. The molecular weight excluding hydrogens is 406 g/mol. The minimum absolute atomic E-state index is 0.226. The molecule has 1 aromatic heterocycles. The number of carbonyl (C=O) groups is 3. The molecule has 2 N–H and O–H groups in total. The van der Waals surface area contributed by atoms with Gasteiger partial charge in [-0.3, -0.25) is 14.6 Å². The Hall–Kier alpha value is -3.74. The second-order valence-electron chi connectivity index (χ2n) is 8.01. The van der Waals surface area contributed by atoms with Crippen molar-refractivity contribution in [1.82, 2.24) is 10.3 Å². The molecule has 2 atom stereocenters. The van der Waals surface area contributed by atoms with Crippen LogP contribution < -0.4 is 10.6 Å². The molecule has 7 nitrogen and oxygen atoms in total. The summed E-state index contributed by atoms with van der Waals surface area (Å²) in [5.41, 5.74) is 2.80. The molecule has 2 aromatic carbocycles. The Morgan fingerprint density at radius 2 is 1.66 bits per heavy atom. The van der Waals surface area contributed by atoms with Crippen molar-refractivity contribution in [3.05, 3.63) is 71.9 Å². The first-order chi connectivity index (χ1) is 15.3. The maximum Gasteiger partial charge on any atom is 0.329 e. The van der Waals surface area contributed by atoms with Gasteiger partial charge < -0.3 is 15.4 Å². The van der Waals surface area contributed by atoms with E-state index in [9.17, 15) is 14.4 Å². The smallest absolute Gasteiger partial charge is 0.329 e. The van der Waals surface area contributed by atoms with Gasteiger partial charge >= 0.3 is 5.97 Å². The van der Waals surface area contributed by atoms with Gasteiger partial charge in [-0.15, -0.1) is 0 Å². The van der Waals surface area contributed by atoms with Crippen LogP contribution in [0.15, 0.2) is 60.8 Å². The molecule has 32 heavy (non-hydrogen) atoms. The molecule has 3 aromatic rings. The zero-order valence-corrected chi connectivity index (χ0v) is 18.6. The molecule has 166 valence electrons. The number of nitrogens with zero attached hydrogens (tertiary/aromatic N) is 1. The van der Waals surface area contributed by atoms with E-state index < -0.39 is 24.0 Å². The van der Waals surface area contributed by atoms with Crippen molar-refractivity contribution in [2.75, 3.05) is 5.32 Å². The SMILES string of the molecule is Cc1ccc(C(=O)N[C@H](C(=O)OC(C)C(=O)Nc2cccc3ncccc23)C(C)C)cc1. The zero-order valence-electron chi connectivity index (χ0n) is 18.6. The van der Waals surface area contributed by atoms with Crippen molar-refractivity contribution in [3.8, 4) is 0 Å². The molecule has 7 heteroatoms. The molecule has 0 radical (unpaired) electrons. The van der Waals surface area contributed by atoms with Crippen LogP contribution in [0.4, 0.5) is 5.69 Å². The maximum atomic E-state index is 12.8. The van der Waals surface area contributed by atoms with E-state index in [1.807, 2.05) is 31.2 Å². The summed E-state index contributed by atoms with van der Waals surface area (Å²) >= 11 is 0. The van der Waals surface area contributed by atoms with Crippen molar-refractivity contribution < 1.29 is 19.1 Å². The molecular formula is C25H27N3O4. The number of fused-ring (bicyclic) bond motifs is 1. The number of rotatable bonds is 7. The number of hydrogen-bond acceptors (Lipinski definition) is 5. The van der Waals surface area contributed by atoms with E-state index >= 15 is 0 Å². The summed E-state index contributed by atoms with van der Waals surface area (Å²) in [5, 5.41) is 6.29. The van der Waals surface area contributed by atoms with Gasteiger partial charge in [-0.05, 0) is 56.2 Å². The molecule has 0 aliphatic rings. The second kappa shape index (κ2) is 10.0. The number of nitrogens with one attached hydrogen (secondary N) is 2. The standard InChI is InChI=1S/C25H27N3O4/c1-15(2)22(28-24(30)18-12-10-16(3)11-13-18)25(31)32-17(4)23(29)27-21-9-5-8-20-19(21)7-6-14-26-20/h5-15,17,22H,1-4H3,(H,27,29)(H,28,30)/t17?,22-/m0/s1. The van der Waals surface area contributed by atoms with E-state index in [0.717, 1.165) is 16.5 Å². The van der Waals surface area contributed by atoms with Crippen LogP contribution in [0.25, 0.3) is 10.9 Å². The van der Waals surface area contributed by atoms with Crippen LogP contribution in [0.1, 0.15) is 36.7 Å². The molecule has 0 bridgehead atoms. The second-order valence-corrected chi connectivity index (χ2v) is 8.01. The van der Waals surface area contributed by atoms with Crippen LogP contribution in [0.2, 0.25) is 0 Å². The Balaban J connectivity index is 1.65. The van der Waals surface area contributed by atoms with Crippen molar-refractivity contribution >= 4 is 34.4 Å². The highest BCUT2D eigenvalue weighted by molar-refractivity contribution is 6.03. The highest BCUT2D eigenvalue weighted by atomic mass is 16.5. The first-order valence-corrected chi connectivity index (χ1v) is 10.5. The molecule has 0 aliphatic heterocycles. The fourth-order valence-corrected chi connectivity index (χ4v) is 3.18. The zero-order chi connectivity index (χ0) is 23.3. The van der Waals surface area contributed by atoms with Crippen molar-refractivity contribution in [3.63, 3.8) is 0 Å². The summed E-state index contributed by atoms with van der Waals surface area (Å²) in [6.07, 6.45) is 0.627. The maximum absolute atomic E-state index is 12.8. The number of benzene rings is 2. The molecule has 2 amide bonds. The van der Waals surface area contributed by atoms with Gasteiger partial charge in [-0.25, -0.2) is 4.79 Å². The predicted molar refractivity (Wildman–Crippen MR) is 123 cm³/mol. The monoisotopic (exact) mass is 433 g/mol. The predicted octanol–water partition coefficient (Wildman–Crippen LogP) is 3.87. The van der Waals surface area contributed by atoms with E-state index in [2.05, 4.69) is 15.6 Å². The third-order valence-electron chi connectivity index (χ3n) is 5.09. The van der Waals surface area contributed by atoms with E-state index in [1.54, 1.807) is 50.4 Å². The Morgan fingerprint density at radius 3 is 2.34 bits per heavy atom. The average molecular weight is 434 g/mol. The third-order valence-corrected chi connectivity index (χ3v) is 5.09. The van der Waals surface area contributed by atoms with Crippen LogP contribution in [0.3, 0.4) is 0 Å². The molecule has 0 aliphatic carbocycles. The van der Waals surface area contributed by atoms with Crippen LogP contribution in [-0.2, 0) is 14.3 Å². The number of pyridine rings is 1. The number of ether oxygens (including phenoxy) is 1. The lowest BCUT2D eigenvalue weighted by Gasteiger charge is -2.23. The van der Waals surface area contributed by atoms with Gasteiger partial charge in [0.1, 0.15) is 6.04 Å². The van der Waals surface area contributed by atoms with Gasteiger partial charge in [-0.2, -0.15) is 0 Å². The summed E-state index contributed by atoms with van der Waals surface area (Å²) in [7, 11) is 0. The number of aromatic nitrogens is 1. The van der Waals surface area contributed by atoms with Gasteiger partial charge in [0.2, 0.25) is 0 Å². The number of hydrogen-bond donors (Lipinski definition) is 2. The van der Waals surface area contributed by atoms with Gasteiger partial charge in [-0.1, -0.05) is 37.6 Å². The van der Waals surface area contributed by atoms with Gasteiger partial charge in [0.15, 0.2) is 6.10 Å². The molecule has 0 spiro atoms. The first kappa shape index (κ1) is 22.9. The minimum atomic E-state index is -1.05. The summed E-state index contributed by atoms with van der Waals surface area (Å²) < 4.78 is 5.39. The summed E-state index contributed by atoms with van der Waals surface area (Å²) in [6, 6.07) is 15.2. The minimum Gasteiger partial charge on any atom is -0.451 e. The normalized spacial score (nSPS) is 12.8. The highest BCUT2D eigenvalue weighted by Crippen LogP contribution is 2.21. The molecule has 1 heterocycles. The largest absolute Gasteiger partial charge is 0.451 e. The van der Waals surface area contributed by atoms with Crippen LogP contribution >= 0.6 is 0 Å². The quantitative estimate of drug-likeness (QED) is 0.552. The Kier molecular flexibility index (Phi) is 7.20. The molecule has 1 unspecified atom stereocenters. The fourth-order valence-electron chi connectivity index (χ4n) is 3.18. The molecule has 0 saturated heterocycles. The number of aryl methyl sites for hydroxylation is 1. The highest BCUT2D eigenvalue weighted by Gasteiger charge is 2.29. The van der Waals surface area contributed by atoms with E-state index in [1.165, 1.54) is 6.92 Å². The Bertz CT molecular complexity index is 1120. The Labute approximate surface area is 187 Å². The van der Waals surface area contributed by atoms with Crippen LogP contribution in [-0.4, -0.2) is 34.9 Å². The van der Waals surface area contributed by atoms with E-state index in [0.29, 0.717) is 11.3 Å². The lowest BCUT2D eigenvalue weighted by Crippen LogP contribution is -2.47. The summed E-state index contributed by atoms with van der Waals surface area (Å²) in [4.78, 5) is 42.2. The van der Waals surface area contributed by atoms with E-state index in [4.69, 9.17) is 4.74 Å². The van der Waals surface area contributed by atoms with Gasteiger partial charge in [0, 0.05) is 17.1 Å². The number of amides is 2. The van der Waals surface area contributed by atoms with Crippen LogP contribution in [0.5, 0.6) is 0 Å². The van der Waals surface area contributed by atoms with Gasteiger partial charge in [0.25, 0.3) is 11.8 Å². The third kappa shape index (κ3) is 5.49. The summed E-state index contributed by atoms with van der Waals surface area (Å²) in [6.45, 7) is 7.03. The molecule has 0 saturated carbocycles. The van der Waals surface area contributed by atoms with Crippen molar-refractivity contribution in [2.24, 2.45) is 5.92 Å². The summed E-state index contributed by atoms with van der Waals surface area (Å²) in [5.74, 6) is -1.73. The van der Waals surface area contributed by atoms with Gasteiger partial charge in [0.05, 0.1) is 11.2 Å². The topological polar surface area (TPSA) is 97.4 Å². The van der Waals surface area contributed by atoms with Crippen molar-refractivity contribution in [1.29, 1.82) is 0 Å². The number of carbonyl (C=O) groups excluding carboxylic acids is 3. The first-order valence-electron chi connectivity index (χ1n) is 10.5. The lowest BCUT2D eigenvalue weighted by molar-refractivity contribution is -0.156. The lowest BCUT2D eigenvalue weighted by atomic mass is 10.0.